The first-order valence-corrected chi connectivity index (χ1v) is 12.7. The molecule has 33 heavy (non-hydrogen) atoms. The Kier molecular flexibility index (Phi) is 5.11. The Morgan fingerprint density at radius 1 is 0.970 bits per heavy atom. The predicted octanol–water partition coefficient (Wildman–Crippen LogP) is 4.85. The summed E-state index contributed by atoms with van der Waals surface area (Å²) in [6.45, 7) is 0. The van der Waals surface area contributed by atoms with Gasteiger partial charge in [0.25, 0.3) is 11.1 Å². The van der Waals surface area contributed by atoms with E-state index < -0.39 is 0 Å². The van der Waals surface area contributed by atoms with Crippen LogP contribution in [-0.2, 0) is 18.6 Å². The average molecular weight is 473 g/mol. The molecule has 0 fully saturated rings. The Bertz CT molecular complexity index is 1620. The van der Waals surface area contributed by atoms with Gasteiger partial charge in [-0.25, -0.2) is 9.97 Å². The molecule has 5 aromatic rings. The Morgan fingerprint density at radius 3 is 2.64 bits per heavy atom. The zero-order valence-electron chi connectivity index (χ0n) is 17.7. The van der Waals surface area contributed by atoms with E-state index in [-0.39, 0.29) is 11.1 Å². The molecule has 6 rings (SSSR count). The van der Waals surface area contributed by atoms with Crippen molar-refractivity contribution in [1.82, 2.24) is 19.5 Å². The van der Waals surface area contributed by atoms with Crippen molar-refractivity contribution >= 4 is 44.2 Å². The third-order valence-corrected chi connectivity index (χ3v) is 8.11. The summed E-state index contributed by atoms with van der Waals surface area (Å²) in [5.41, 5.74) is 2.41. The predicted molar refractivity (Wildman–Crippen MR) is 134 cm³/mol. The normalized spacial score (nSPS) is 13.5. The number of fused-ring (bicyclic) bond motifs is 4. The van der Waals surface area contributed by atoms with Gasteiger partial charge in [-0.2, -0.15) is 0 Å². The first-order chi connectivity index (χ1) is 16.2. The van der Waals surface area contributed by atoms with Crippen molar-refractivity contribution in [2.24, 2.45) is 0 Å². The highest BCUT2D eigenvalue weighted by molar-refractivity contribution is 7.98. The van der Waals surface area contributed by atoms with Crippen molar-refractivity contribution in [2.45, 2.75) is 36.6 Å². The molecule has 0 spiro atoms. The van der Waals surface area contributed by atoms with Crippen molar-refractivity contribution in [3.05, 3.63) is 91.6 Å². The van der Waals surface area contributed by atoms with E-state index in [1.165, 1.54) is 28.6 Å². The van der Waals surface area contributed by atoms with Crippen LogP contribution in [0.5, 0.6) is 0 Å². The number of thiophene rings is 1. The van der Waals surface area contributed by atoms with Gasteiger partial charge in [0.2, 0.25) is 0 Å². The van der Waals surface area contributed by atoms with Crippen LogP contribution >= 0.6 is 23.1 Å². The van der Waals surface area contributed by atoms with Gasteiger partial charge in [-0.3, -0.25) is 14.2 Å². The quantitative estimate of drug-likeness (QED) is 0.299. The lowest BCUT2D eigenvalue weighted by Gasteiger charge is -2.13. The van der Waals surface area contributed by atoms with E-state index in [0.717, 1.165) is 35.2 Å². The number of thioether (sulfide) groups is 1. The van der Waals surface area contributed by atoms with E-state index in [9.17, 15) is 9.59 Å². The summed E-state index contributed by atoms with van der Waals surface area (Å²) in [5.74, 6) is 1.00. The molecule has 1 aliphatic rings. The second-order valence-corrected chi connectivity index (χ2v) is 10.1. The molecule has 0 aliphatic heterocycles. The van der Waals surface area contributed by atoms with E-state index in [1.54, 1.807) is 22.0 Å². The molecule has 0 saturated carbocycles. The minimum atomic E-state index is -0.114. The van der Waals surface area contributed by atoms with Crippen LogP contribution in [0.4, 0.5) is 0 Å². The molecule has 1 aliphatic carbocycles. The molecular weight excluding hydrogens is 452 g/mol. The molecule has 0 unspecified atom stereocenters. The fourth-order valence-corrected chi connectivity index (χ4v) is 6.59. The molecule has 0 radical (unpaired) electrons. The number of nitrogens with one attached hydrogen (secondary N) is 1. The van der Waals surface area contributed by atoms with Crippen molar-refractivity contribution < 1.29 is 0 Å². The molecule has 0 saturated heterocycles. The van der Waals surface area contributed by atoms with E-state index in [2.05, 4.69) is 4.98 Å². The number of H-pyrrole nitrogens is 1. The molecule has 2 aromatic carbocycles. The standard InChI is InChI=1S/C25H20N4O2S2/c30-22-21-17-11-5-7-13-19(17)33-23(21)28-20(27-22)14-32-25-26-18-12-6-4-10-16(18)24(31)29(25)15-8-2-1-3-9-15/h1-4,6,8-10,12H,5,7,11,13-14H2,(H,27,28,30). The number of aromatic nitrogens is 4. The van der Waals surface area contributed by atoms with Crippen molar-refractivity contribution in [3.63, 3.8) is 0 Å². The van der Waals surface area contributed by atoms with Crippen LogP contribution in [0.15, 0.2) is 69.3 Å². The molecule has 0 amide bonds. The monoisotopic (exact) mass is 472 g/mol. The largest absolute Gasteiger partial charge is 0.309 e. The summed E-state index contributed by atoms with van der Waals surface area (Å²) in [5, 5.41) is 1.90. The van der Waals surface area contributed by atoms with Crippen LogP contribution in [0.1, 0.15) is 29.1 Å². The van der Waals surface area contributed by atoms with Crippen LogP contribution < -0.4 is 11.1 Å². The SMILES string of the molecule is O=c1[nH]c(CSc2nc3ccccc3c(=O)n2-c2ccccc2)nc2sc3c(c12)CCCC3. The summed E-state index contributed by atoms with van der Waals surface area (Å²) >= 11 is 3.04. The molecule has 0 atom stereocenters. The Balaban J connectivity index is 1.42. The smallest absolute Gasteiger partial charge is 0.266 e. The Hall–Kier alpha value is -3.23. The molecule has 164 valence electrons. The molecular formula is C25H20N4O2S2. The highest BCUT2D eigenvalue weighted by Crippen LogP contribution is 2.34. The number of hydrogen-bond acceptors (Lipinski definition) is 6. The lowest BCUT2D eigenvalue weighted by molar-refractivity contribution is 0.700. The number of para-hydroxylation sites is 2. The third-order valence-electron chi connectivity index (χ3n) is 5.97. The maximum absolute atomic E-state index is 13.3. The summed E-state index contributed by atoms with van der Waals surface area (Å²) in [7, 11) is 0. The minimum Gasteiger partial charge on any atom is -0.309 e. The topological polar surface area (TPSA) is 80.6 Å². The second-order valence-electron chi connectivity index (χ2n) is 8.08. The maximum Gasteiger partial charge on any atom is 0.266 e. The van der Waals surface area contributed by atoms with Crippen molar-refractivity contribution in [1.29, 1.82) is 0 Å². The third kappa shape index (κ3) is 3.59. The number of rotatable bonds is 4. The number of aromatic amines is 1. The molecule has 3 aromatic heterocycles. The summed E-state index contributed by atoms with van der Waals surface area (Å²) in [6.07, 6.45) is 4.29. The maximum atomic E-state index is 13.3. The zero-order chi connectivity index (χ0) is 22.4. The Labute approximate surface area is 197 Å². The lowest BCUT2D eigenvalue weighted by atomic mass is 9.97. The van der Waals surface area contributed by atoms with Crippen molar-refractivity contribution in [2.75, 3.05) is 0 Å². The van der Waals surface area contributed by atoms with Gasteiger partial charge in [-0.1, -0.05) is 42.1 Å². The van der Waals surface area contributed by atoms with E-state index in [4.69, 9.17) is 9.97 Å². The Morgan fingerprint density at radius 2 is 1.76 bits per heavy atom. The minimum absolute atomic E-state index is 0.0677. The van der Waals surface area contributed by atoms with Gasteiger partial charge in [0, 0.05) is 4.88 Å². The average Bonchev–Trinajstić information content (AvgIpc) is 3.22. The molecule has 3 heterocycles. The highest BCUT2D eigenvalue weighted by atomic mass is 32.2. The summed E-state index contributed by atoms with van der Waals surface area (Å²) < 4.78 is 1.63. The van der Waals surface area contributed by atoms with E-state index in [1.807, 2.05) is 48.5 Å². The van der Waals surface area contributed by atoms with Gasteiger partial charge in [-0.05, 0) is 55.5 Å². The lowest BCUT2D eigenvalue weighted by Crippen LogP contribution is -2.21. The number of hydrogen-bond donors (Lipinski definition) is 1. The van der Waals surface area contributed by atoms with E-state index in [0.29, 0.717) is 27.6 Å². The van der Waals surface area contributed by atoms with Crippen LogP contribution in [0.3, 0.4) is 0 Å². The van der Waals surface area contributed by atoms with Crippen molar-refractivity contribution in [3.8, 4) is 5.69 Å². The van der Waals surface area contributed by atoms with Crippen LogP contribution in [-0.4, -0.2) is 19.5 Å². The first kappa shape index (κ1) is 20.4. The van der Waals surface area contributed by atoms with Crippen LogP contribution in [0.2, 0.25) is 0 Å². The number of nitrogens with zero attached hydrogens (tertiary/aromatic N) is 3. The van der Waals surface area contributed by atoms with Gasteiger partial charge in [0.05, 0.1) is 27.7 Å². The highest BCUT2D eigenvalue weighted by Gasteiger charge is 2.20. The molecule has 0 bridgehead atoms. The van der Waals surface area contributed by atoms with Gasteiger partial charge in [0.15, 0.2) is 5.16 Å². The molecule has 6 nitrogen and oxygen atoms in total. The van der Waals surface area contributed by atoms with Gasteiger partial charge >= 0.3 is 0 Å². The first-order valence-electron chi connectivity index (χ1n) is 10.9. The fourth-order valence-electron chi connectivity index (χ4n) is 4.42. The van der Waals surface area contributed by atoms with E-state index >= 15 is 0 Å². The summed E-state index contributed by atoms with van der Waals surface area (Å²) in [6, 6.07) is 16.9. The number of aryl methyl sites for hydroxylation is 2. The summed E-state index contributed by atoms with van der Waals surface area (Å²) in [4.78, 5) is 40.9. The second kappa shape index (κ2) is 8.28. The van der Waals surface area contributed by atoms with Crippen LogP contribution in [0.25, 0.3) is 26.8 Å². The molecule has 8 heteroatoms. The zero-order valence-corrected chi connectivity index (χ0v) is 19.3. The van der Waals surface area contributed by atoms with Gasteiger partial charge < -0.3 is 4.98 Å². The van der Waals surface area contributed by atoms with Crippen LogP contribution in [0, 0.1) is 0 Å². The molecule has 1 N–H and O–H groups in total. The number of benzene rings is 2. The fraction of sp³-hybridized carbons (Fsp3) is 0.200. The van der Waals surface area contributed by atoms with Gasteiger partial charge in [0.1, 0.15) is 10.7 Å². The van der Waals surface area contributed by atoms with Gasteiger partial charge in [-0.15, -0.1) is 11.3 Å².